The van der Waals surface area contributed by atoms with E-state index >= 15 is 0 Å². The highest BCUT2D eigenvalue weighted by Crippen LogP contribution is 2.31. The van der Waals surface area contributed by atoms with Crippen LogP contribution >= 0.6 is 0 Å². The Kier molecular flexibility index (Phi) is 10.7. The predicted molar refractivity (Wildman–Crippen MR) is 153 cm³/mol. The number of fused-ring (bicyclic) bond motifs is 1. The summed E-state index contributed by atoms with van der Waals surface area (Å²) < 4.78 is 11.1. The lowest BCUT2D eigenvalue weighted by molar-refractivity contribution is -0.146. The molecule has 1 saturated heterocycles. The Morgan fingerprint density at radius 3 is 2.46 bits per heavy atom. The molecule has 220 valence electrons. The Morgan fingerprint density at radius 1 is 1.05 bits per heavy atom. The first-order valence-electron chi connectivity index (χ1n) is 14.4. The van der Waals surface area contributed by atoms with Crippen LogP contribution in [0.5, 0.6) is 5.75 Å². The predicted octanol–water partition coefficient (Wildman–Crippen LogP) is 3.50. The van der Waals surface area contributed by atoms with E-state index in [1.807, 2.05) is 35.2 Å². The number of nitrogens with one attached hydrogen (secondary N) is 1. The summed E-state index contributed by atoms with van der Waals surface area (Å²) in [5.74, 6) is -1.05. The van der Waals surface area contributed by atoms with Crippen LogP contribution in [0, 0.1) is 5.92 Å². The number of unbranched alkanes of at least 4 members (excludes halogenated alkanes) is 1. The molecule has 2 atom stereocenters. The number of carbonyl (C=O) groups excluding carboxylic acids is 3. The number of carboxylic acid groups (broad SMARTS) is 1. The number of para-hydroxylation sites is 2. The number of nitrogens with zero attached hydrogens (tertiary/aromatic N) is 2. The minimum absolute atomic E-state index is 0.0395. The van der Waals surface area contributed by atoms with E-state index in [0.29, 0.717) is 23.8 Å². The van der Waals surface area contributed by atoms with Gasteiger partial charge in [0.15, 0.2) is 0 Å². The Labute approximate surface area is 240 Å². The lowest BCUT2D eigenvalue weighted by Gasteiger charge is -2.32. The van der Waals surface area contributed by atoms with E-state index in [1.54, 1.807) is 31.2 Å². The van der Waals surface area contributed by atoms with Gasteiger partial charge >= 0.3 is 11.9 Å². The molecule has 2 amide bonds. The molecule has 2 N–H and O–H groups in total. The average Bonchev–Trinajstić information content (AvgIpc) is 3.11. The van der Waals surface area contributed by atoms with Gasteiger partial charge in [0.2, 0.25) is 5.91 Å². The number of benzene rings is 2. The van der Waals surface area contributed by atoms with Gasteiger partial charge in [-0.25, -0.2) is 0 Å². The highest BCUT2D eigenvalue weighted by molar-refractivity contribution is 6.02. The maximum absolute atomic E-state index is 13.4. The topological polar surface area (TPSA) is 125 Å². The summed E-state index contributed by atoms with van der Waals surface area (Å²) in [7, 11) is 0. The van der Waals surface area contributed by atoms with Crippen LogP contribution in [-0.2, 0) is 19.1 Å². The van der Waals surface area contributed by atoms with E-state index in [9.17, 15) is 24.3 Å². The average molecular weight is 566 g/mol. The molecule has 0 radical (unpaired) electrons. The first-order chi connectivity index (χ1) is 19.9. The fourth-order valence-corrected chi connectivity index (χ4v) is 5.50. The smallest absolute Gasteiger partial charge is 0.323 e. The molecule has 0 aromatic heterocycles. The molecule has 2 aromatic carbocycles. The molecule has 0 aliphatic carbocycles. The molecule has 0 bridgehead atoms. The van der Waals surface area contributed by atoms with Crippen molar-refractivity contribution in [3.63, 3.8) is 0 Å². The number of carboxylic acids is 1. The lowest BCUT2D eigenvalue weighted by atomic mass is 9.90. The van der Waals surface area contributed by atoms with Crippen molar-refractivity contribution < 1.29 is 33.8 Å². The van der Waals surface area contributed by atoms with Crippen LogP contribution < -0.4 is 15.0 Å². The van der Waals surface area contributed by atoms with E-state index in [4.69, 9.17) is 9.47 Å². The Hall–Kier alpha value is -3.92. The number of piperidine rings is 1. The standard InChI is InChI=1S/C31H39N3O7/c1-2-40-31(39)24(32-25-21-41-27-15-9-8-14-26(27)34(30(25)38)20-28(35)36)13-7-6-10-22-16-18-33(19-17-22)29(37)23-11-4-3-5-12-23/h3-5,8-9,11-12,14-15,22,24-25,32H,2,6-7,10,13,16-21H2,1H3,(H,35,36)/t24-,25?/m0/s1. The SMILES string of the molecule is CCOC(=O)[C@H](CCCCC1CCN(C(=O)c2ccccc2)CC1)NC1COc2ccccc2N(CC(=O)O)C1=O. The first kappa shape index (κ1) is 30.0. The Bertz CT molecular complexity index is 1200. The van der Waals surface area contributed by atoms with Gasteiger partial charge in [-0.1, -0.05) is 49.6 Å². The number of ether oxygens (including phenoxy) is 2. The minimum atomic E-state index is -1.15. The van der Waals surface area contributed by atoms with Crippen molar-refractivity contribution in [1.29, 1.82) is 0 Å². The zero-order valence-corrected chi connectivity index (χ0v) is 23.5. The van der Waals surface area contributed by atoms with Crippen molar-refractivity contribution in [2.24, 2.45) is 5.92 Å². The van der Waals surface area contributed by atoms with Gasteiger partial charge in [-0.3, -0.25) is 29.4 Å². The maximum Gasteiger partial charge on any atom is 0.323 e. The van der Waals surface area contributed by atoms with E-state index in [-0.39, 0.29) is 19.1 Å². The van der Waals surface area contributed by atoms with Crippen LogP contribution in [-0.4, -0.2) is 78.7 Å². The molecule has 2 aliphatic heterocycles. The molecule has 41 heavy (non-hydrogen) atoms. The number of likely N-dealkylation sites (tertiary alicyclic amines) is 1. The van der Waals surface area contributed by atoms with Crippen molar-refractivity contribution in [3.8, 4) is 5.75 Å². The largest absolute Gasteiger partial charge is 0.489 e. The van der Waals surface area contributed by atoms with Crippen molar-refractivity contribution in [1.82, 2.24) is 10.2 Å². The third kappa shape index (κ3) is 8.07. The summed E-state index contributed by atoms with van der Waals surface area (Å²) in [6, 6.07) is 14.5. The molecule has 0 saturated carbocycles. The van der Waals surface area contributed by atoms with Crippen molar-refractivity contribution in [2.75, 3.05) is 37.7 Å². The highest BCUT2D eigenvalue weighted by atomic mass is 16.5. The summed E-state index contributed by atoms with van der Waals surface area (Å²) >= 11 is 0. The van der Waals surface area contributed by atoms with Gasteiger partial charge in [-0.2, -0.15) is 0 Å². The number of carbonyl (C=O) groups is 4. The number of hydrogen-bond acceptors (Lipinski definition) is 7. The molecular weight excluding hydrogens is 526 g/mol. The van der Waals surface area contributed by atoms with Gasteiger partial charge in [-0.05, 0) is 56.4 Å². The zero-order chi connectivity index (χ0) is 29.2. The van der Waals surface area contributed by atoms with Gasteiger partial charge in [0.25, 0.3) is 5.91 Å². The number of anilines is 1. The second-order valence-corrected chi connectivity index (χ2v) is 10.5. The van der Waals surface area contributed by atoms with E-state index < -0.39 is 36.5 Å². The van der Waals surface area contributed by atoms with Gasteiger partial charge < -0.3 is 19.5 Å². The number of hydrogen-bond donors (Lipinski definition) is 2. The number of aliphatic carboxylic acids is 1. The quantitative estimate of drug-likeness (QED) is 0.296. The second-order valence-electron chi connectivity index (χ2n) is 10.5. The van der Waals surface area contributed by atoms with Crippen LogP contribution in [0.25, 0.3) is 0 Å². The summed E-state index contributed by atoms with van der Waals surface area (Å²) in [6.45, 7) is 2.87. The van der Waals surface area contributed by atoms with Gasteiger partial charge in [0.1, 0.15) is 31.0 Å². The minimum Gasteiger partial charge on any atom is -0.489 e. The molecular formula is C31H39N3O7. The Balaban J connectivity index is 1.29. The van der Waals surface area contributed by atoms with E-state index in [1.165, 1.54) is 4.90 Å². The fourth-order valence-electron chi connectivity index (χ4n) is 5.50. The molecule has 1 unspecified atom stereocenters. The van der Waals surface area contributed by atoms with Crippen molar-refractivity contribution in [2.45, 2.75) is 57.5 Å². The van der Waals surface area contributed by atoms with E-state index in [2.05, 4.69) is 5.32 Å². The summed E-state index contributed by atoms with van der Waals surface area (Å²) in [5.41, 5.74) is 1.10. The van der Waals surface area contributed by atoms with Crippen LogP contribution in [0.4, 0.5) is 5.69 Å². The van der Waals surface area contributed by atoms with Crippen LogP contribution in [0.3, 0.4) is 0 Å². The molecule has 2 aromatic rings. The summed E-state index contributed by atoms with van der Waals surface area (Å²) in [5, 5.41) is 12.5. The molecule has 2 heterocycles. The maximum atomic E-state index is 13.4. The van der Waals surface area contributed by atoms with Crippen LogP contribution in [0.2, 0.25) is 0 Å². The molecule has 10 nitrogen and oxygen atoms in total. The van der Waals surface area contributed by atoms with Gasteiger partial charge in [-0.15, -0.1) is 0 Å². The molecule has 2 aliphatic rings. The molecule has 0 spiro atoms. The number of rotatable bonds is 12. The molecule has 1 fully saturated rings. The lowest BCUT2D eigenvalue weighted by Crippen LogP contribution is -2.54. The van der Waals surface area contributed by atoms with Gasteiger partial charge in [0.05, 0.1) is 12.3 Å². The molecule has 4 rings (SSSR count). The zero-order valence-electron chi connectivity index (χ0n) is 23.5. The highest BCUT2D eigenvalue weighted by Gasteiger charge is 2.35. The third-order valence-corrected chi connectivity index (χ3v) is 7.67. The number of esters is 1. The van der Waals surface area contributed by atoms with Crippen LogP contribution in [0.1, 0.15) is 55.8 Å². The Morgan fingerprint density at radius 2 is 1.76 bits per heavy atom. The van der Waals surface area contributed by atoms with Crippen molar-refractivity contribution >= 4 is 29.4 Å². The fraction of sp³-hybridized carbons (Fsp3) is 0.484. The normalized spacial score (nSPS) is 18.2. The second kappa shape index (κ2) is 14.6. The van der Waals surface area contributed by atoms with E-state index in [0.717, 1.165) is 50.8 Å². The van der Waals surface area contributed by atoms with Crippen LogP contribution in [0.15, 0.2) is 54.6 Å². The first-order valence-corrected chi connectivity index (χ1v) is 14.4. The van der Waals surface area contributed by atoms with Crippen molar-refractivity contribution in [3.05, 3.63) is 60.2 Å². The van der Waals surface area contributed by atoms with Gasteiger partial charge in [0, 0.05) is 18.7 Å². The monoisotopic (exact) mass is 565 g/mol. The molecule has 10 heteroatoms. The number of amides is 2. The summed E-state index contributed by atoms with van der Waals surface area (Å²) in [4.78, 5) is 53.6. The third-order valence-electron chi connectivity index (χ3n) is 7.67. The summed E-state index contributed by atoms with van der Waals surface area (Å²) in [6.07, 6.45) is 5.02.